The minimum Gasteiger partial charge on any atom is -0.495 e. The van der Waals surface area contributed by atoms with Crippen molar-refractivity contribution in [1.82, 2.24) is 15.5 Å². The quantitative estimate of drug-likeness (QED) is 0.564. The van der Waals surface area contributed by atoms with Crippen molar-refractivity contribution in [3.63, 3.8) is 0 Å². The molecule has 3 rings (SSSR count). The number of nitrogens with zero attached hydrogens (tertiary/aromatic N) is 1. The number of carbonyl (C=O) groups is 4. The Balaban J connectivity index is 1.58. The van der Waals surface area contributed by atoms with Crippen LogP contribution in [0, 0.1) is 12.7 Å². The van der Waals surface area contributed by atoms with Crippen molar-refractivity contribution in [2.45, 2.75) is 19.4 Å². The molecule has 32 heavy (non-hydrogen) atoms. The summed E-state index contributed by atoms with van der Waals surface area (Å²) in [6, 6.07) is 9.64. The van der Waals surface area contributed by atoms with Crippen molar-refractivity contribution in [2.24, 2.45) is 0 Å². The maximum atomic E-state index is 13.2. The van der Waals surface area contributed by atoms with Crippen LogP contribution in [-0.2, 0) is 19.9 Å². The number of urea groups is 1. The number of imide groups is 1. The normalized spacial score (nSPS) is 17.7. The molecular formula is C22H23FN4O5. The largest absolute Gasteiger partial charge is 0.495 e. The van der Waals surface area contributed by atoms with Gasteiger partial charge in [-0.05, 0) is 49.2 Å². The second kappa shape index (κ2) is 9.04. The van der Waals surface area contributed by atoms with Crippen molar-refractivity contribution < 1.29 is 28.3 Å². The van der Waals surface area contributed by atoms with Crippen molar-refractivity contribution in [2.75, 3.05) is 25.5 Å². The zero-order valence-corrected chi connectivity index (χ0v) is 17.8. The fourth-order valence-corrected chi connectivity index (χ4v) is 3.31. The molecule has 2 aromatic carbocycles. The van der Waals surface area contributed by atoms with E-state index in [0.29, 0.717) is 17.0 Å². The Morgan fingerprint density at radius 2 is 1.81 bits per heavy atom. The first-order valence-corrected chi connectivity index (χ1v) is 9.75. The number of benzene rings is 2. The van der Waals surface area contributed by atoms with Gasteiger partial charge in [0.1, 0.15) is 23.7 Å². The number of carbonyl (C=O) groups excluding carboxylic acids is 4. The summed E-state index contributed by atoms with van der Waals surface area (Å²) in [5, 5.41) is 7.55. The molecule has 0 spiro atoms. The van der Waals surface area contributed by atoms with Crippen LogP contribution in [0.5, 0.6) is 5.75 Å². The first kappa shape index (κ1) is 22.7. The Morgan fingerprint density at radius 3 is 2.47 bits per heavy atom. The number of halogens is 1. The highest BCUT2D eigenvalue weighted by Crippen LogP contribution is 2.29. The Bertz CT molecular complexity index is 1070. The van der Waals surface area contributed by atoms with Crippen molar-refractivity contribution in [3.8, 4) is 5.75 Å². The molecule has 1 saturated heterocycles. The maximum Gasteiger partial charge on any atom is 0.325 e. The summed E-state index contributed by atoms with van der Waals surface area (Å²) in [4.78, 5) is 50.4. The van der Waals surface area contributed by atoms with Gasteiger partial charge < -0.3 is 20.7 Å². The van der Waals surface area contributed by atoms with E-state index >= 15 is 0 Å². The van der Waals surface area contributed by atoms with Gasteiger partial charge in [-0.2, -0.15) is 0 Å². The number of amides is 5. The highest BCUT2D eigenvalue weighted by molar-refractivity contribution is 6.09. The van der Waals surface area contributed by atoms with Crippen LogP contribution in [0.25, 0.3) is 0 Å². The molecule has 3 N–H and O–H groups in total. The fraction of sp³-hybridized carbons (Fsp3) is 0.273. The predicted octanol–water partition coefficient (Wildman–Crippen LogP) is 1.66. The number of anilines is 1. The smallest absolute Gasteiger partial charge is 0.325 e. The molecule has 1 heterocycles. The van der Waals surface area contributed by atoms with E-state index in [2.05, 4.69) is 16.0 Å². The zero-order valence-electron chi connectivity index (χ0n) is 17.8. The van der Waals surface area contributed by atoms with Crippen LogP contribution in [0.4, 0.5) is 14.9 Å². The zero-order chi connectivity index (χ0) is 23.5. The molecule has 5 amide bonds. The van der Waals surface area contributed by atoms with E-state index in [0.717, 1.165) is 10.5 Å². The molecule has 1 aliphatic rings. The summed E-state index contributed by atoms with van der Waals surface area (Å²) in [6.07, 6.45) is 0. The fourth-order valence-electron chi connectivity index (χ4n) is 3.31. The van der Waals surface area contributed by atoms with Crippen LogP contribution in [0.3, 0.4) is 0 Å². The minimum absolute atomic E-state index is 0.366. The molecule has 1 unspecified atom stereocenters. The van der Waals surface area contributed by atoms with Crippen molar-refractivity contribution in [1.29, 1.82) is 0 Å². The lowest BCUT2D eigenvalue weighted by Crippen LogP contribution is -2.44. The molecular weight excluding hydrogens is 419 g/mol. The molecule has 1 atom stereocenters. The lowest BCUT2D eigenvalue weighted by molar-refractivity contribution is -0.135. The van der Waals surface area contributed by atoms with Gasteiger partial charge >= 0.3 is 6.03 Å². The van der Waals surface area contributed by atoms with Gasteiger partial charge in [-0.15, -0.1) is 0 Å². The summed E-state index contributed by atoms with van der Waals surface area (Å²) >= 11 is 0. The Kier molecular flexibility index (Phi) is 6.42. The summed E-state index contributed by atoms with van der Waals surface area (Å²) in [5.74, 6) is -1.86. The average molecular weight is 442 g/mol. The summed E-state index contributed by atoms with van der Waals surface area (Å²) < 4.78 is 18.4. The van der Waals surface area contributed by atoms with Gasteiger partial charge in [0.2, 0.25) is 11.8 Å². The first-order chi connectivity index (χ1) is 15.1. The molecule has 168 valence electrons. The van der Waals surface area contributed by atoms with E-state index in [9.17, 15) is 23.6 Å². The second-order valence-electron chi connectivity index (χ2n) is 7.48. The standard InChI is InChI=1S/C22H23FN4O5/c1-13-4-9-17(32-3)16(10-13)25-18(28)11-24-19(29)12-27-20(30)22(2,26-21(27)31)14-5-7-15(23)8-6-14/h4-10H,11-12H2,1-3H3,(H,24,29)(H,25,28)(H,26,31). The first-order valence-electron chi connectivity index (χ1n) is 9.75. The van der Waals surface area contributed by atoms with Crippen molar-refractivity contribution >= 4 is 29.4 Å². The Morgan fingerprint density at radius 1 is 1.12 bits per heavy atom. The number of rotatable bonds is 7. The molecule has 0 aromatic heterocycles. The molecule has 0 saturated carbocycles. The SMILES string of the molecule is COc1ccc(C)cc1NC(=O)CNC(=O)CN1C(=O)NC(C)(c2ccc(F)cc2)C1=O. The van der Waals surface area contributed by atoms with Crippen LogP contribution in [-0.4, -0.2) is 48.9 Å². The predicted molar refractivity (Wildman–Crippen MR) is 113 cm³/mol. The van der Waals surface area contributed by atoms with E-state index in [-0.39, 0.29) is 6.54 Å². The highest BCUT2D eigenvalue weighted by atomic mass is 19.1. The lowest BCUT2D eigenvalue weighted by Gasteiger charge is -2.22. The van der Waals surface area contributed by atoms with Gasteiger partial charge in [-0.25, -0.2) is 9.18 Å². The number of hydrogen-bond donors (Lipinski definition) is 3. The molecule has 2 aromatic rings. The Labute approximate surface area is 183 Å². The monoisotopic (exact) mass is 442 g/mol. The van der Waals surface area contributed by atoms with E-state index in [1.54, 1.807) is 12.1 Å². The minimum atomic E-state index is -1.43. The van der Waals surface area contributed by atoms with E-state index in [4.69, 9.17) is 4.74 Å². The number of nitrogens with one attached hydrogen (secondary N) is 3. The van der Waals surface area contributed by atoms with Gasteiger partial charge in [0.25, 0.3) is 5.91 Å². The van der Waals surface area contributed by atoms with E-state index in [1.165, 1.54) is 38.3 Å². The lowest BCUT2D eigenvalue weighted by atomic mass is 9.92. The molecule has 10 heteroatoms. The Hall–Kier alpha value is -3.95. The molecule has 0 bridgehead atoms. The van der Waals surface area contributed by atoms with Gasteiger partial charge in [-0.1, -0.05) is 18.2 Å². The van der Waals surface area contributed by atoms with Crippen LogP contribution >= 0.6 is 0 Å². The van der Waals surface area contributed by atoms with Gasteiger partial charge in [-0.3, -0.25) is 19.3 Å². The second-order valence-corrected chi connectivity index (χ2v) is 7.48. The van der Waals surface area contributed by atoms with E-state index < -0.39 is 41.7 Å². The third-order valence-corrected chi connectivity index (χ3v) is 5.07. The van der Waals surface area contributed by atoms with Crippen LogP contribution in [0.1, 0.15) is 18.1 Å². The van der Waals surface area contributed by atoms with Crippen molar-refractivity contribution in [3.05, 3.63) is 59.4 Å². The number of aryl methyl sites for hydroxylation is 1. The molecule has 0 aliphatic carbocycles. The van der Waals surface area contributed by atoms with Crippen LogP contribution in [0.15, 0.2) is 42.5 Å². The summed E-state index contributed by atoms with van der Waals surface area (Å²) in [7, 11) is 1.47. The maximum absolute atomic E-state index is 13.2. The van der Waals surface area contributed by atoms with Gasteiger partial charge in [0.05, 0.1) is 19.3 Å². The molecule has 9 nitrogen and oxygen atoms in total. The topological polar surface area (TPSA) is 117 Å². The highest BCUT2D eigenvalue weighted by Gasteiger charge is 2.49. The molecule has 1 aliphatic heterocycles. The van der Waals surface area contributed by atoms with E-state index in [1.807, 2.05) is 13.0 Å². The van der Waals surface area contributed by atoms with Gasteiger partial charge in [0, 0.05) is 0 Å². The van der Waals surface area contributed by atoms with Crippen LogP contribution in [0.2, 0.25) is 0 Å². The average Bonchev–Trinajstić information content (AvgIpc) is 2.96. The summed E-state index contributed by atoms with van der Waals surface area (Å²) in [5.41, 5.74) is 0.319. The van der Waals surface area contributed by atoms with Crippen LogP contribution < -0.4 is 20.7 Å². The van der Waals surface area contributed by atoms with Gasteiger partial charge in [0.15, 0.2) is 0 Å². The number of hydrogen-bond acceptors (Lipinski definition) is 5. The third-order valence-electron chi connectivity index (χ3n) is 5.07. The molecule has 0 radical (unpaired) electrons. The number of methoxy groups -OCH3 is 1. The third kappa shape index (κ3) is 4.69. The number of ether oxygens (including phenoxy) is 1. The molecule has 1 fully saturated rings. The summed E-state index contributed by atoms with van der Waals surface area (Å²) in [6.45, 7) is 2.40.